The smallest absolute Gasteiger partial charge is 0.272 e. The van der Waals surface area contributed by atoms with Crippen LogP contribution in [0.5, 0.6) is 0 Å². The molecule has 2 aromatic carbocycles. The van der Waals surface area contributed by atoms with Gasteiger partial charge in [0.15, 0.2) is 0 Å². The summed E-state index contributed by atoms with van der Waals surface area (Å²) in [4.78, 5) is 47.4. The fraction of sp³-hybridized carbons (Fsp3) is 0.529. The Kier molecular flexibility index (Phi) is 10.7. The Morgan fingerprint density at radius 2 is 1.68 bits per heavy atom. The summed E-state index contributed by atoms with van der Waals surface area (Å²) < 4.78 is 0. The summed E-state index contributed by atoms with van der Waals surface area (Å²) in [5.41, 5.74) is 9.01. The van der Waals surface area contributed by atoms with Crippen LogP contribution >= 0.6 is 0 Å². The molecule has 1 aliphatic heterocycles. The molecule has 7 nitrogen and oxygen atoms in total. The standard InChI is InChI=1S/C34H46N4O3/c1-4-13-26(31(35)39)28(22-23(2)3)33(40)37-32-34(41)38(21-20-24-14-7-5-8-15-24)29-19-12-11-18-27(29)30(36-32)25-16-9-6-10-17-25/h6,9-12,16-19,23-24,26,28,32H,4-5,7-8,13-15,20-22H2,1-3H3,(H2,35,39)(H,37,40)/t26-,28+,32?/m0/s1. The Balaban J connectivity index is 1.72. The molecule has 0 spiro atoms. The van der Waals surface area contributed by atoms with Gasteiger partial charge in [-0.15, -0.1) is 0 Å². The summed E-state index contributed by atoms with van der Waals surface area (Å²) in [7, 11) is 0. The molecular weight excluding hydrogens is 512 g/mol. The Hall–Kier alpha value is -3.48. The minimum atomic E-state index is -1.11. The fourth-order valence-corrected chi connectivity index (χ4v) is 6.42. The van der Waals surface area contributed by atoms with Crippen LogP contribution in [-0.2, 0) is 14.4 Å². The number of nitrogens with zero attached hydrogens (tertiary/aromatic N) is 2. The van der Waals surface area contributed by atoms with Crippen LogP contribution in [0.3, 0.4) is 0 Å². The summed E-state index contributed by atoms with van der Waals surface area (Å²) >= 11 is 0. The number of nitrogens with two attached hydrogens (primary N) is 1. The van der Waals surface area contributed by atoms with Gasteiger partial charge in [0.1, 0.15) is 0 Å². The molecule has 1 fully saturated rings. The highest BCUT2D eigenvalue weighted by atomic mass is 16.2. The van der Waals surface area contributed by atoms with Crippen LogP contribution in [0, 0.1) is 23.7 Å². The number of rotatable bonds is 12. The first kappa shape index (κ1) is 30.5. The molecule has 220 valence electrons. The van der Waals surface area contributed by atoms with Crippen molar-refractivity contribution in [2.45, 2.75) is 84.7 Å². The van der Waals surface area contributed by atoms with Crippen molar-refractivity contribution in [1.29, 1.82) is 0 Å². The van der Waals surface area contributed by atoms with Crippen molar-refractivity contribution in [2.75, 3.05) is 11.4 Å². The van der Waals surface area contributed by atoms with Gasteiger partial charge in [-0.3, -0.25) is 14.4 Å². The van der Waals surface area contributed by atoms with Gasteiger partial charge in [-0.2, -0.15) is 0 Å². The normalized spacial score (nSPS) is 19.2. The molecule has 1 heterocycles. The van der Waals surface area contributed by atoms with Crippen LogP contribution in [0.1, 0.15) is 89.7 Å². The highest BCUT2D eigenvalue weighted by Gasteiger charge is 2.37. The Morgan fingerprint density at radius 3 is 2.34 bits per heavy atom. The van der Waals surface area contributed by atoms with Crippen molar-refractivity contribution in [1.82, 2.24) is 5.32 Å². The molecule has 0 saturated heterocycles. The summed E-state index contributed by atoms with van der Waals surface area (Å²) in [5, 5.41) is 2.98. The molecule has 1 aliphatic carbocycles. The zero-order valence-corrected chi connectivity index (χ0v) is 24.9. The van der Waals surface area contributed by atoms with E-state index in [0.29, 0.717) is 31.0 Å². The second kappa shape index (κ2) is 14.4. The number of carbonyl (C=O) groups excluding carboxylic acids is 3. The van der Waals surface area contributed by atoms with Gasteiger partial charge < -0.3 is 16.0 Å². The third-order valence-electron chi connectivity index (χ3n) is 8.53. The maximum Gasteiger partial charge on any atom is 0.272 e. The lowest BCUT2D eigenvalue weighted by Crippen LogP contribution is -2.51. The number of para-hydroxylation sites is 1. The third-order valence-corrected chi connectivity index (χ3v) is 8.53. The molecule has 4 rings (SSSR count). The van der Waals surface area contributed by atoms with E-state index in [1.165, 1.54) is 32.1 Å². The minimum absolute atomic E-state index is 0.175. The van der Waals surface area contributed by atoms with E-state index in [1.807, 2.05) is 80.3 Å². The molecule has 41 heavy (non-hydrogen) atoms. The van der Waals surface area contributed by atoms with Crippen LogP contribution < -0.4 is 16.0 Å². The lowest BCUT2D eigenvalue weighted by Gasteiger charge is -2.30. The van der Waals surface area contributed by atoms with Crippen LogP contribution in [0.4, 0.5) is 5.69 Å². The van der Waals surface area contributed by atoms with Crippen LogP contribution in [0.2, 0.25) is 0 Å². The number of anilines is 1. The summed E-state index contributed by atoms with van der Waals surface area (Å²) in [6.45, 7) is 6.60. The molecule has 0 radical (unpaired) electrons. The largest absolute Gasteiger partial charge is 0.369 e. The van der Waals surface area contributed by atoms with Gasteiger partial charge in [0, 0.05) is 29.5 Å². The number of primary amides is 1. The Morgan fingerprint density at radius 1 is 1.00 bits per heavy atom. The van der Waals surface area contributed by atoms with E-state index in [2.05, 4.69) is 5.32 Å². The summed E-state index contributed by atoms with van der Waals surface area (Å²) in [6, 6.07) is 17.7. The predicted molar refractivity (Wildman–Crippen MR) is 165 cm³/mol. The molecule has 3 amide bonds. The molecule has 1 saturated carbocycles. The fourth-order valence-electron chi connectivity index (χ4n) is 6.42. The van der Waals surface area contributed by atoms with Gasteiger partial charge in [-0.25, -0.2) is 4.99 Å². The van der Waals surface area contributed by atoms with E-state index in [0.717, 1.165) is 29.7 Å². The van der Waals surface area contributed by atoms with Crippen LogP contribution in [0.25, 0.3) is 0 Å². The topological polar surface area (TPSA) is 105 Å². The molecule has 1 unspecified atom stereocenters. The van der Waals surface area contributed by atoms with Gasteiger partial charge >= 0.3 is 0 Å². The SMILES string of the molecule is CCC[C@H](C(N)=O)[C@@H](CC(C)C)C(=O)NC1N=C(c2ccccc2)c2ccccc2N(CCC2CCCCC2)C1=O. The monoisotopic (exact) mass is 558 g/mol. The maximum atomic E-state index is 14.3. The van der Waals surface area contributed by atoms with E-state index >= 15 is 0 Å². The van der Waals surface area contributed by atoms with Crippen molar-refractivity contribution in [3.05, 3.63) is 65.7 Å². The van der Waals surface area contributed by atoms with E-state index in [4.69, 9.17) is 10.7 Å². The maximum absolute atomic E-state index is 14.3. The second-order valence-corrected chi connectivity index (χ2v) is 12.1. The van der Waals surface area contributed by atoms with Gasteiger partial charge in [0.25, 0.3) is 5.91 Å². The van der Waals surface area contributed by atoms with E-state index in [9.17, 15) is 14.4 Å². The number of nitrogens with one attached hydrogen (secondary N) is 1. The quantitative estimate of drug-likeness (QED) is 0.342. The summed E-state index contributed by atoms with van der Waals surface area (Å²) in [6.07, 6.45) is 7.72. The zero-order chi connectivity index (χ0) is 29.4. The molecule has 7 heteroatoms. The number of hydrogen-bond acceptors (Lipinski definition) is 4. The minimum Gasteiger partial charge on any atom is -0.369 e. The Labute approximate surface area is 245 Å². The van der Waals surface area contributed by atoms with Gasteiger partial charge in [0.2, 0.25) is 18.0 Å². The number of benzodiazepines with no additional fused rings is 1. The molecule has 2 aliphatic rings. The number of aliphatic imine (C=N–C) groups is 1. The summed E-state index contributed by atoms with van der Waals surface area (Å²) in [5.74, 6) is -1.53. The van der Waals surface area contributed by atoms with Gasteiger partial charge in [-0.05, 0) is 37.2 Å². The highest BCUT2D eigenvalue weighted by molar-refractivity contribution is 6.20. The third kappa shape index (κ3) is 7.63. The Bertz CT molecular complexity index is 1220. The lowest BCUT2D eigenvalue weighted by atomic mass is 9.81. The van der Waals surface area contributed by atoms with Crippen molar-refractivity contribution in [2.24, 2.45) is 34.4 Å². The average Bonchev–Trinajstić information content (AvgIpc) is 3.08. The molecule has 0 bridgehead atoms. The molecule has 3 N–H and O–H groups in total. The first-order valence-corrected chi connectivity index (χ1v) is 15.4. The zero-order valence-electron chi connectivity index (χ0n) is 24.9. The second-order valence-electron chi connectivity index (χ2n) is 12.1. The molecule has 0 aromatic heterocycles. The van der Waals surface area contributed by atoms with Crippen LogP contribution in [-0.4, -0.2) is 36.1 Å². The van der Waals surface area contributed by atoms with E-state index in [1.54, 1.807) is 0 Å². The number of carbonyl (C=O) groups is 3. The first-order valence-electron chi connectivity index (χ1n) is 15.4. The molecular formula is C34H46N4O3. The van der Waals surface area contributed by atoms with Crippen molar-refractivity contribution in [3.63, 3.8) is 0 Å². The number of amides is 3. The van der Waals surface area contributed by atoms with Gasteiger partial charge in [0.05, 0.1) is 11.4 Å². The predicted octanol–water partition coefficient (Wildman–Crippen LogP) is 5.85. The van der Waals surface area contributed by atoms with E-state index < -0.39 is 23.9 Å². The molecule has 3 atom stereocenters. The van der Waals surface area contributed by atoms with Gasteiger partial charge in [-0.1, -0.05) is 108 Å². The number of benzene rings is 2. The molecule has 2 aromatic rings. The van der Waals surface area contributed by atoms with Crippen molar-refractivity contribution < 1.29 is 14.4 Å². The van der Waals surface area contributed by atoms with E-state index in [-0.39, 0.29) is 17.7 Å². The first-order chi connectivity index (χ1) is 19.8. The van der Waals surface area contributed by atoms with Crippen LogP contribution in [0.15, 0.2) is 59.6 Å². The van der Waals surface area contributed by atoms with Crippen molar-refractivity contribution >= 4 is 29.1 Å². The average molecular weight is 559 g/mol. The number of hydrogen-bond donors (Lipinski definition) is 2. The highest BCUT2D eigenvalue weighted by Crippen LogP contribution is 2.32. The lowest BCUT2D eigenvalue weighted by molar-refractivity contribution is -0.136. The van der Waals surface area contributed by atoms with Crippen molar-refractivity contribution in [3.8, 4) is 0 Å². The number of fused-ring (bicyclic) bond motifs is 1.